The number of aliphatic hydroxyl groups excluding tert-OH is 1. The zero-order chi connectivity index (χ0) is 16.4. The van der Waals surface area contributed by atoms with Gasteiger partial charge in [-0.3, -0.25) is 4.90 Å². The molecule has 0 saturated carbocycles. The molecule has 1 aromatic heterocycles. The largest absolute Gasteiger partial charge is 0.389 e. The molecule has 1 aromatic rings. The van der Waals surface area contributed by atoms with E-state index in [0.717, 1.165) is 56.1 Å². The molecule has 2 atom stereocenters. The molecule has 0 bridgehead atoms. The Bertz CT molecular complexity index is 554. The van der Waals surface area contributed by atoms with E-state index in [1.54, 1.807) is 0 Å². The number of hydrogen-bond acceptors (Lipinski definition) is 7. The van der Waals surface area contributed by atoms with Gasteiger partial charge in [-0.05, 0) is 19.8 Å². The van der Waals surface area contributed by atoms with E-state index in [1.165, 1.54) is 0 Å². The molecule has 0 unspecified atom stereocenters. The summed E-state index contributed by atoms with van der Waals surface area (Å²) in [5, 5.41) is 10.0. The Labute approximate surface area is 137 Å². The number of aryl methyl sites for hydroxylation is 1. The topological polar surface area (TPSA) is 87.7 Å². The molecule has 0 amide bonds. The lowest BCUT2D eigenvalue weighted by Gasteiger charge is -2.29. The molecule has 0 aromatic carbocycles. The fourth-order valence-electron chi connectivity index (χ4n) is 3.58. The Morgan fingerprint density at radius 2 is 2.04 bits per heavy atom. The zero-order valence-electron chi connectivity index (χ0n) is 14.0. The summed E-state index contributed by atoms with van der Waals surface area (Å²) < 4.78 is 5.40. The van der Waals surface area contributed by atoms with Crippen LogP contribution >= 0.6 is 0 Å². The summed E-state index contributed by atoms with van der Waals surface area (Å²) in [6.07, 6.45) is 1.52. The number of nitrogens with zero attached hydrogens (tertiary/aromatic N) is 4. The van der Waals surface area contributed by atoms with Gasteiger partial charge in [0.1, 0.15) is 5.82 Å². The van der Waals surface area contributed by atoms with Crippen LogP contribution in [0.3, 0.4) is 0 Å². The van der Waals surface area contributed by atoms with E-state index in [-0.39, 0.29) is 12.1 Å². The minimum absolute atomic E-state index is 0.123. The SMILES string of the molecule is CCc1nc(N)nc(N2CCCN([C@H]3COC[C@@H]3O)CC2)c1C. The van der Waals surface area contributed by atoms with Gasteiger partial charge in [-0.2, -0.15) is 4.98 Å². The quantitative estimate of drug-likeness (QED) is 0.822. The van der Waals surface area contributed by atoms with E-state index in [2.05, 4.69) is 33.6 Å². The number of nitrogens with two attached hydrogens (primary N) is 1. The lowest BCUT2D eigenvalue weighted by molar-refractivity contribution is 0.0859. The first-order valence-corrected chi connectivity index (χ1v) is 8.48. The molecule has 3 rings (SSSR count). The van der Waals surface area contributed by atoms with Crippen LogP contribution in [0.5, 0.6) is 0 Å². The van der Waals surface area contributed by atoms with E-state index in [0.29, 0.717) is 19.2 Å². The summed E-state index contributed by atoms with van der Waals surface area (Å²) in [6, 6.07) is 0.123. The molecule has 2 saturated heterocycles. The number of aliphatic hydroxyl groups is 1. The first-order valence-electron chi connectivity index (χ1n) is 8.48. The van der Waals surface area contributed by atoms with Crippen LogP contribution < -0.4 is 10.6 Å². The van der Waals surface area contributed by atoms with E-state index >= 15 is 0 Å². The summed E-state index contributed by atoms with van der Waals surface area (Å²) in [4.78, 5) is 13.5. The fraction of sp³-hybridized carbons (Fsp3) is 0.750. The average Bonchev–Trinajstić information content (AvgIpc) is 2.82. The molecule has 0 radical (unpaired) electrons. The van der Waals surface area contributed by atoms with Crippen molar-refractivity contribution in [1.82, 2.24) is 14.9 Å². The third-order valence-corrected chi connectivity index (χ3v) is 4.89. The maximum atomic E-state index is 10.0. The number of rotatable bonds is 3. The second-order valence-electron chi connectivity index (χ2n) is 6.38. The van der Waals surface area contributed by atoms with Crippen molar-refractivity contribution >= 4 is 11.8 Å². The maximum Gasteiger partial charge on any atom is 0.222 e. The molecular weight excluding hydrogens is 294 g/mol. The van der Waals surface area contributed by atoms with Crippen LogP contribution in [0.25, 0.3) is 0 Å². The van der Waals surface area contributed by atoms with Crippen molar-refractivity contribution in [3.05, 3.63) is 11.3 Å². The third-order valence-electron chi connectivity index (χ3n) is 4.89. The van der Waals surface area contributed by atoms with Gasteiger partial charge in [0.2, 0.25) is 5.95 Å². The highest BCUT2D eigenvalue weighted by atomic mass is 16.5. The lowest BCUT2D eigenvalue weighted by atomic mass is 10.2. The molecule has 7 nitrogen and oxygen atoms in total. The monoisotopic (exact) mass is 321 g/mol. The zero-order valence-corrected chi connectivity index (χ0v) is 14.0. The molecule has 23 heavy (non-hydrogen) atoms. The highest BCUT2D eigenvalue weighted by Gasteiger charge is 2.32. The number of ether oxygens (including phenoxy) is 1. The second kappa shape index (κ2) is 6.98. The van der Waals surface area contributed by atoms with Gasteiger partial charge >= 0.3 is 0 Å². The standard InChI is InChI=1S/C16H27N5O2/c1-3-12-11(2)15(19-16(17)18-12)21-6-4-5-20(7-8-21)13-9-23-10-14(13)22/h13-14,22H,3-10H2,1-2H3,(H2,17,18,19)/t13-,14-/m0/s1. The molecule has 2 fully saturated rings. The predicted molar refractivity (Wildman–Crippen MR) is 89.6 cm³/mol. The average molecular weight is 321 g/mol. The second-order valence-corrected chi connectivity index (χ2v) is 6.38. The third kappa shape index (κ3) is 3.41. The summed E-state index contributed by atoms with van der Waals surface area (Å²) in [6.45, 7) is 8.93. The minimum Gasteiger partial charge on any atom is -0.389 e. The van der Waals surface area contributed by atoms with Crippen molar-refractivity contribution in [1.29, 1.82) is 0 Å². The maximum absolute atomic E-state index is 10.0. The van der Waals surface area contributed by atoms with Crippen molar-refractivity contribution in [2.24, 2.45) is 0 Å². The summed E-state index contributed by atoms with van der Waals surface area (Å²) in [7, 11) is 0. The Morgan fingerprint density at radius 1 is 1.22 bits per heavy atom. The molecule has 7 heteroatoms. The molecule has 128 valence electrons. The van der Waals surface area contributed by atoms with E-state index in [9.17, 15) is 5.11 Å². The van der Waals surface area contributed by atoms with Crippen LogP contribution in [0.1, 0.15) is 24.6 Å². The van der Waals surface area contributed by atoms with Gasteiger partial charge in [-0.15, -0.1) is 0 Å². The van der Waals surface area contributed by atoms with Crippen LogP contribution in [-0.4, -0.2) is 71.5 Å². The van der Waals surface area contributed by atoms with Crippen LogP contribution in [-0.2, 0) is 11.2 Å². The van der Waals surface area contributed by atoms with Gasteiger partial charge in [-0.1, -0.05) is 6.92 Å². The normalized spacial score (nSPS) is 26.5. The molecular formula is C16H27N5O2. The van der Waals surface area contributed by atoms with Gasteiger partial charge in [0.05, 0.1) is 31.1 Å². The van der Waals surface area contributed by atoms with Crippen molar-refractivity contribution in [3.63, 3.8) is 0 Å². The molecule has 0 aliphatic carbocycles. The Balaban J connectivity index is 1.74. The van der Waals surface area contributed by atoms with Crippen LogP contribution in [0.4, 0.5) is 11.8 Å². The van der Waals surface area contributed by atoms with Gasteiger partial charge in [-0.25, -0.2) is 4.98 Å². The number of anilines is 2. The Hall–Kier alpha value is -1.44. The minimum atomic E-state index is -0.371. The first-order chi connectivity index (χ1) is 11.1. The van der Waals surface area contributed by atoms with E-state index in [4.69, 9.17) is 10.5 Å². The molecule has 2 aliphatic rings. The van der Waals surface area contributed by atoms with Crippen LogP contribution in [0.2, 0.25) is 0 Å². The summed E-state index contributed by atoms with van der Waals surface area (Å²) >= 11 is 0. The van der Waals surface area contributed by atoms with E-state index in [1.807, 2.05) is 0 Å². The highest BCUT2D eigenvalue weighted by Crippen LogP contribution is 2.24. The Kier molecular flexibility index (Phi) is 4.99. The summed E-state index contributed by atoms with van der Waals surface area (Å²) in [5.41, 5.74) is 8.03. The van der Waals surface area contributed by atoms with Gasteiger partial charge in [0.25, 0.3) is 0 Å². The van der Waals surface area contributed by atoms with E-state index < -0.39 is 0 Å². The van der Waals surface area contributed by atoms with Crippen molar-refractivity contribution < 1.29 is 9.84 Å². The highest BCUT2D eigenvalue weighted by molar-refractivity contribution is 5.51. The first kappa shape index (κ1) is 16.4. The Morgan fingerprint density at radius 3 is 2.74 bits per heavy atom. The van der Waals surface area contributed by atoms with Crippen LogP contribution in [0.15, 0.2) is 0 Å². The van der Waals surface area contributed by atoms with Crippen molar-refractivity contribution in [2.45, 2.75) is 38.8 Å². The number of hydrogen-bond donors (Lipinski definition) is 2. The molecule has 2 aliphatic heterocycles. The lowest BCUT2D eigenvalue weighted by Crippen LogP contribution is -2.44. The van der Waals surface area contributed by atoms with Gasteiger partial charge in [0.15, 0.2) is 0 Å². The smallest absolute Gasteiger partial charge is 0.222 e. The molecule has 3 N–H and O–H groups in total. The van der Waals surface area contributed by atoms with Crippen molar-refractivity contribution in [3.8, 4) is 0 Å². The van der Waals surface area contributed by atoms with Gasteiger partial charge < -0.3 is 20.5 Å². The number of nitrogen functional groups attached to an aromatic ring is 1. The predicted octanol–water partition coefficient (Wildman–Crippen LogP) is 0.201. The molecule has 3 heterocycles. The van der Waals surface area contributed by atoms with Crippen molar-refractivity contribution in [2.75, 3.05) is 50.0 Å². The molecule has 0 spiro atoms. The van der Waals surface area contributed by atoms with Gasteiger partial charge in [0, 0.05) is 31.7 Å². The van der Waals surface area contributed by atoms with Crippen LogP contribution in [0, 0.1) is 6.92 Å². The fourth-order valence-corrected chi connectivity index (χ4v) is 3.58. The summed E-state index contributed by atoms with van der Waals surface area (Å²) in [5.74, 6) is 1.31. The number of aromatic nitrogens is 2.